The van der Waals surface area contributed by atoms with Gasteiger partial charge in [-0.25, -0.2) is 0 Å². The Balaban J connectivity index is 1.65. The minimum atomic E-state index is -0.421. The van der Waals surface area contributed by atoms with E-state index in [9.17, 15) is 4.79 Å². The molecule has 0 saturated heterocycles. The number of ether oxygens (including phenoxy) is 1. The molecule has 1 aliphatic heterocycles. The van der Waals surface area contributed by atoms with E-state index in [1.807, 2.05) is 18.2 Å². The largest absolute Gasteiger partial charge is 0.479 e. The average Bonchev–Trinajstić information content (AvgIpc) is 2.47. The molecule has 20 heavy (non-hydrogen) atoms. The number of amides is 1. The molecule has 1 aromatic carbocycles. The molecule has 2 N–H and O–H groups in total. The summed E-state index contributed by atoms with van der Waals surface area (Å²) in [6.45, 7) is 2.72. The van der Waals surface area contributed by atoms with E-state index in [0.717, 1.165) is 30.1 Å². The molecule has 0 aromatic heterocycles. The van der Waals surface area contributed by atoms with Gasteiger partial charge in [0.15, 0.2) is 6.10 Å². The van der Waals surface area contributed by atoms with E-state index in [4.69, 9.17) is 4.74 Å². The van der Waals surface area contributed by atoms with E-state index in [0.29, 0.717) is 5.92 Å². The zero-order chi connectivity index (χ0) is 13.9. The number of anilines is 2. The van der Waals surface area contributed by atoms with E-state index in [2.05, 4.69) is 22.8 Å². The molecule has 2 aliphatic rings. The molecule has 106 valence electrons. The van der Waals surface area contributed by atoms with Crippen LogP contribution >= 0.6 is 0 Å². The minimum Gasteiger partial charge on any atom is -0.479 e. The monoisotopic (exact) mass is 272 g/mol. The first-order valence-corrected chi connectivity index (χ1v) is 7.23. The van der Waals surface area contributed by atoms with Crippen LogP contribution in [-0.4, -0.2) is 18.6 Å². The van der Waals surface area contributed by atoms with Gasteiger partial charge in [0.05, 0.1) is 5.69 Å². The Morgan fingerprint density at radius 2 is 2.30 bits per heavy atom. The van der Waals surface area contributed by atoms with Crippen LogP contribution in [0.4, 0.5) is 11.4 Å². The summed E-state index contributed by atoms with van der Waals surface area (Å²) in [5, 5.41) is 6.32. The Labute approximate surface area is 119 Å². The molecule has 1 heterocycles. The molecule has 1 aliphatic carbocycles. The third-order valence-electron chi connectivity index (χ3n) is 3.88. The van der Waals surface area contributed by atoms with E-state index in [1.165, 1.54) is 12.8 Å². The van der Waals surface area contributed by atoms with Crippen LogP contribution in [0, 0.1) is 5.92 Å². The maximum atomic E-state index is 11.6. The Bertz CT molecular complexity index is 539. The summed E-state index contributed by atoms with van der Waals surface area (Å²) in [5.41, 5.74) is 1.78. The Morgan fingerprint density at radius 3 is 3.10 bits per heavy atom. The number of hydrogen-bond acceptors (Lipinski definition) is 3. The first-order valence-electron chi connectivity index (χ1n) is 7.23. The van der Waals surface area contributed by atoms with Gasteiger partial charge in [0.25, 0.3) is 5.91 Å². The summed E-state index contributed by atoms with van der Waals surface area (Å²) >= 11 is 0. The third kappa shape index (κ3) is 2.79. The summed E-state index contributed by atoms with van der Waals surface area (Å²) < 4.78 is 5.54. The van der Waals surface area contributed by atoms with Gasteiger partial charge in [-0.3, -0.25) is 4.79 Å². The fourth-order valence-electron chi connectivity index (χ4n) is 2.62. The molecule has 1 aromatic rings. The summed E-state index contributed by atoms with van der Waals surface area (Å²) in [7, 11) is 0. The SMILES string of the molecule is CC1Oc2ccc(NCC3CC=CCC3)cc2NC1=O. The summed E-state index contributed by atoms with van der Waals surface area (Å²) in [4.78, 5) is 11.6. The highest BCUT2D eigenvalue weighted by Gasteiger charge is 2.23. The lowest BCUT2D eigenvalue weighted by molar-refractivity contribution is -0.122. The molecule has 0 bridgehead atoms. The number of rotatable bonds is 3. The van der Waals surface area contributed by atoms with Gasteiger partial charge in [0.2, 0.25) is 0 Å². The molecule has 4 heteroatoms. The highest BCUT2D eigenvalue weighted by atomic mass is 16.5. The second kappa shape index (κ2) is 5.57. The fourth-order valence-corrected chi connectivity index (χ4v) is 2.62. The van der Waals surface area contributed by atoms with Gasteiger partial charge in [0.1, 0.15) is 5.75 Å². The van der Waals surface area contributed by atoms with Gasteiger partial charge < -0.3 is 15.4 Å². The molecule has 1 amide bonds. The molecule has 4 nitrogen and oxygen atoms in total. The van der Waals surface area contributed by atoms with Crippen LogP contribution in [0.1, 0.15) is 26.2 Å². The Morgan fingerprint density at radius 1 is 1.40 bits per heavy atom. The van der Waals surface area contributed by atoms with Crippen LogP contribution < -0.4 is 15.4 Å². The molecular formula is C16H20N2O2. The Kier molecular flexibility index (Phi) is 3.63. The van der Waals surface area contributed by atoms with Crippen LogP contribution in [0.15, 0.2) is 30.4 Å². The molecular weight excluding hydrogens is 252 g/mol. The molecule has 2 unspecified atom stereocenters. The van der Waals surface area contributed by atoms with Gasteiger partial charge in [-0.2, -0.15) is 0 Å². The lowest BCUT2D eigenvalue weighted by Gasteiger charge is -2.24. The van der Waals surface area contributed by atoms with Crippen molar-refractivity contribution in [2.24, 2.45) is 5.92 Å². The second-order valence-electron chi connectivity index (χ2n) is 5.49. The minimum absolute atomic E-state index is 0.0907. The summed E-state index contributed by atoms with van der Waals surface area (Å²) in [5.74, 6) is 1.34. The number of nitrogens with one attached hydrogen (secondary N) is 2. The maximum Gasteiger partial charge on any atom is 0.265 e. The fraction of sp³-hybridized carbons (Fsp3) is 0.438. The van der Waals surface area contributed by atoms with E-state index >= 15 is 0 Å². The normalized spacial score (nSPS) is 24.6. The first kappa shape index (κ1) is 13.0. The quantitative estimate of drug-likeness (QED) is 0.831. The van der Waals surface area contributed by atoms with Crippen LogP contribution in [0.2, 0.25) is 0 Å². The van der Waals surface area contributed by atoms with Crippen LogP contribution in [-0.2, 0) is 4.79 Å². The standard InChI is InChI=1S/C16H20N2O2/c1-11-16(19)18-14-9-13(7-8-15(14)20-11)17-10-12-5-3-2-4-6-12/h2-3,7-9,11-12,17H,4-6,10H2,1H3,(H,18,19). The smallest absolute Gasteiger partial charge is 0.265 e. The van der Waals surface area contributed by atoms with Crippen molar-refractivity contribution in [3.05, 3.63) is 30.4 Å². The highest BCUT2D eigenvalue weighted by molar-refractivity contribution is 5.98. The van der Waals surface area contributed by atoms with E-state index < -0.39 is 6.10 Å². The van der Waals surface area contributed by atoms with Gasteiger partial charge in [-0.15, -0.1) is 0 Å². The van der Waals surface area contributed by atoms with Crippen molar-refractivity contribution >= 4 is 17.3 Å². The zero-order valence-corrected chi connectivity index (χ0v) is 11.7. The molecule has 2 atom stereocenters. The van der Waals surface area contributed by atoms with Gasteiger partial charge >= 0.3 is 0 Å². The van der Waals surface area contributed by atoms with Crippen LogP contribution in [0.25, 0.3) is 0 Å². The van der Waals surface area contributed by atoms with Crippen molar-refractivity contribution in [3.63, 3.8) is 0 Å². The number of benzene rings is 1. The second-order valence-corrected chi connectivity index (χ2v) is 5.49. The lowest BCUT2D eigenvalue weighted by Crippen LogP contribution is -2.34. The van der Waals surface area contributed by atoms with E-state index in [1.54, 1.807) is 6.92 Å². The number of carbonyl (C=O) groups excluding carboxylic acids is 1. The predicted molar refractivity (Wildman–Crippen MR) is 80.1 cm³/mol. The topological polar surface area (TPSA) is 50.4 Å². The van der Waals surface area contributed by atoms with Crippen molar-refractivity contribution in [2.45, 2.75) is 32.3 Å². The maximum absolute atomic E-state index is 11.6. The molecule has 3 rings (SSSR count). The highest BCUT2D eigenvalue weighted by Crippen LogP contribution is 2.32. The molecule has 0 fully saturated rings. The average molecular weight is 272 g/mol. The number of carbonyl (C=O) groups is 1. The van der Waals surface area contributed by atoms with Crippen molar-refractivity contribution in [1.29, 1.82) is 0 Å². The van der Waals surface area contributed by atoms with Crippen molar-refractivity contribution in [1.82, 2.24) is 0 Å². The zero-order valence-electron chi connectivity index (χ0n) is 11.7. The third-order valence-corrected chi connectivity index (χ3v) is 3.88. The van der Waals surface area contributed by atoms with Crippen molar-refractivity contribution in [3.8, 4) is 5.75 Å². The van der Waals surface area contributed by atoms with Crippen molar-refractivity contribution in [2.75, 3.05) is 17.2 Å². The number of fused-ring (bicyclic) bond motifs is 1. The molecule has 0 radical (unpaired) electrons. The summed E-state index contributed by atoms with van der Waals surface area (Å²) in [6, 6.07) is 5.86. The van der Waals surface area contributed by atoms with Gasteiger partial charge in [0, 0.05) is 12.2 Å². The van der Waals surface area contributed by atoms with Crippen LogP contribution in [0.5, 0.6) is 5.75 Å². The van der Waals surface area contributed by atoms with Crippen LogP contribution in [0.3, 0.4) is 0 Å². The lowest BCUT2D eigenvalue weighted by atomic mass is 9.94. The van der Waals surface area contributed by atoms with E-state index in [-0.39, 0.29) is 5.91 Å². The predicted octanol–water partition coefficient (Wildman–Crippen LogP) is 3.17. The first-order chi connectivity index (χ1) is 9.72. The van der Waals surface area contributed by atoms with Crippen molar-refractivity contribution < 1.29 is 9.53 Å². The van der Waals surface area contributed by atoms with Gasteiger partial charge in [-0.05, 0) is 50.3 Å². The molecule has 0 spiro atoms. The number of allylic oxidation sites excluding steroid dienone is 2. The van der Waals surface area contributed by atoms with Gasteiger partial charge in [-0.1, -0.05) is 12.2 Å². The molecule has 0 saturated carbocycles. The summed E-state index contributed by atoms with van der Waals surface area (Å²) in [6.07, 6.45) is 7.66. The number of hydrogen-bond donors (Lipinski definition) is 2. The Hall–Kier alpha value is -1.97.